The Labute approximate surface area is 283 Å². The Bertz CT molecular complexity index is 1460. The topological polar surface area (TPSA) is 35.5 Å². The summed E-state index contributed by atoms with van der Waals surface area (Å²) in [6.07, 6.45) is 10.6. The molecular formula is C40H55F3O3S. The molecule has 0 aromatic heterocycles. The highest BCUT2D eigenvalue weighted by molar-refractivity contribution is 8.11. The molecule has 0 spiro atoms. The predicted molar refractivity (Wildman–Crippen MR) is 185 cm³/mol. The lowest BCUT2D eigenvalue weighted by atomic mass is 9.32. The molecular weight excluding hydrogens is 617 g/mol. The number of hydrogen-bond acceptors (Lipinski definition) is 3. The molecule has 6 rings (SSSR count). The molecule has 0 saturated heterocycles. The highest BCUT2D eigenvalue weighted by Crippen LogP contribution is 2.77. The van der Waals surface area contributed by atoms with E-state index in [0.717, 1.165) is 68.7 Å². The quantitative estimate of drug-likeness (QED) is 0.171. The van der Waals surface area contributed by atoms with E-state index < -0.39 is 27.1 Å². The first-order valence-corrected chi connectivity index (χ1v) is 19.0. The lowest BCUT2D eigenvalue weighted by Crippen LogP contribution is -2.66. The van der Waals surface area contributed by atoms with E-state index in [1.807, 2.05) is 36.4 Å². The molecule has 3 nitrogen and oxygen atoms in total. The average Bonchev–Trinajstić information content (AvgIpc) is 3.41. The largest absolute Gasteiger partial charge is 0.470 e. The molecule has 7 heteroatoms. The van der Waals surface area contributed by atoms with E-state index in [-0.39, 0.29) is 34.1 Å². The molecule has 5 aliphatic rings. The van der Waals surface area contributed by atoms with Gasteiger partial charge in [0, 0.05) is 5.41 Å². The van der Waals surface area contributed by atoms with E-state index >= 15 is 0 Å². The number of benzene rings is 1. The minimum atomic E-state index is -4.41. The third kappa shape index (κ3) is 5.21. The van der Waals surface area contributed by atoms with Crippen molar-refractivity contribution >= 4 is 22.1 Å². The molecule has 0 aliphatic heterocycles. The van der Waals surface area contributed by atoms with Crippen LogP contribution in [0.2, 0.25) is 0 Å². The van der Waals surface area contributed by atoms with Crippen molar-refractivity contribution in [2.45, 2.75) is 118 Å². The van der Waals surface area contributed by atoms with Gasteiger partial charge in [0.05, 0.1) is 16.2 Å². The third-order valence-electron chi connectivity index (χ3n) is 14.8. The second-order valence-electron chi connectivity index (χ2n) is 17.0. The van der Waals surface area contributed by atoms with Crippen molar-refractivity contribution in [3.63, 3.8) is 0 Å². The number of hydrogen-bond donors (Lipinski definition) is 0. The molecule has 260 valence electrons. The van der Waals surface area contributed by atoms with Gasteiger partial charge in [-0.2, -0.15) is 13.2 Å². The number of fused-ring (bicyclic) bond motifs is 7. The molecule has 0 heterocycles. The van der Waals surface area contributed by atoms with Crippen molar-refractivity contribution in [2.24, 2.45) is 56.7 Å². The molecule has 4 saturated carbocycles. The van der Waals surface area contributed by atoms with Gasteiger partial charge in [0.2, 0.25) is 0 Å². The highest BCUT2D eigenvalue weighted by atomic mass is 32.2. The van der Waals surface area contributed by atoms with Crippen LogP contribution in [0.3, 0.4) is 0 Å². The molecule has 1 unspecified atom stereocenters. The van der Waals surface area contributed by atoms with Crippen molar-refractivity contribution < 1.29 is 26.9 Å². The number of halogens is 3. The number of carbonyl (C=O) groups is 1. The predicted octanol–water partition coefficient (Wildman–Crippen LogP) is 11.4. The summed E-state index contributed by atoms with van der Waals surface area (Å²) < 4.78 is 53.3. The fraction of sp³-hybridized carbons (Fsp3) is 0.700. The molecule has 47 heavy (non-hydrogen) atoms. The summed E-state index contributed by atoms with van der Waals surface area (Å²) in [5.74, 6) is 2.08. The number of carbonyl (C=O) groups excluding carboxylic acids is 1. The number of esters is 1. The van der Waals surface area contributed by atoms with Crippen LogP contribution in [0.4, 0.5) is 13.2 Å². The molecule has 0 radical (unpaired) electrons. The van der Waals surface area contributed by atoms with E-state index in [1.165, 1.54) is 12.5 Å². The van der Waals surface area contributed by atoms with Crippen LogP contribution in [-0.4, -0.2) is 16.8 Å². The van der Waals surface area contributed by atoms with Crippen molar-refractivity contribution in [1.29, 1.82) is 0 Å². The molecule has 4 fully saturated rings. The molecule has 10 atom stereocenters. The van der Waals surface area contributed by atoms with Crippen LogP contribution in [0.15, 0.2) is 54.3 Å². The summed E-state index contributed by atoms with van der Waals surface area (Å²) in [5.41, 5.74) is -3.11. The zero-order chi connectivity index (χ0) is 34.2. The maximum atomic E-state index is 14.2. The molecule has 0 amide bonds. The van der Waals surface area contributed by atoms with Crippen molar-refractivity contribution in [3.8, 4) is 0 Å². The minimum absolute atomic E-state index is 0.0195. The van der Waals surface area contributed by atoms with Gasteiger partial charge in [0.15, 0.2) is 0 Å². The average molecular weight is 673 g/mol. The summed E-state index contributed by atoms with van der Waals surface area (Å²) in [6, 6.07) is 9.97. The van der Waals surface area contributed by atoms with Gasteiger partial charge in [-0.3, -0.25) is 4.79 Å². The standard InChI is InChI=1S/C40H55F3O3S/c1-9-47(40(41,42)43)46-32-19-20-36(6)30(35(32,4)5)18-21-38(8)31(36)16-15-29-33-28(26(2)3)17-22-39(33,24-23-37(29,38)7)34(44)45-25-27-13-11-10-12-14-27/h9-14,19,28-31,33H,2,15-18,20-25H2,1,3-8H3/t28-,29+,30-,31+,33+,36-,37+,38+,39-,47?/m0/s1. The highest BCUT2D eigenvalue weighted by Gasteiger charge is 2.72. The Hall–Kier alpha value is -2.02. The molecule has 0 N–H and O–H groups in total. The first-order chi connectivity index (χ1) is 22.0. The van der Waals surface area contributed by atoms with Gasteiger partial charge in [0.25, 0.3) is 0 Å². The number of allylic oxidation sites excluding steroid dienone is 3. The zero-order valence-corrected chi connectivity index (χ0v) is 30.3. The van der Waals surface area contributed by atoms with E-state index in [4.69, 9.17) is 8.92 Å². The SMILES string of the molecule is C=C(C)[C@@H]1CC[C@]2(C(=O)OCc3ccccc3)CC[C@]3(C)[C@H](CC[C@@H]4[C@@]5(C)CC=C(O/S(=C/C)C(F)(F)F)C(C)(C)[C@@H]5CC[C@]43C)[C@@H]12. The fourth-order valence-corrected chi connectivity index (χ4v) is 13.3. The van der Waals surface area contributed by atoms with Crippen LogP contribution < -0.4 is 0 Å². The first kappa shape index (κ1) is 34.8. The second-order valence-corrected chi connectivity index (χ2v) is 18.7. The normalized spacial score (nSPS) is 41.4. The number of alkyl halides is 3. The summed E-state index contributed by atoms with van der Waals surface area (Å²) in [6.45, 7) is 20.1. The first-order valence-electron chi connectivity index (χ1n) is 17.8. The van der Waals surface area contributed by atoms with Crippen molar-refractivity contribution in [3.05, 3.63) is 59.9 Å². The van der Waals surface area contributed by atoms with Crippen LogP contribution in [0, 0.1) is 56.7 Å². The van der Waals surface area contributed by atoms with Gasteiger partial charge in [-0.25, -0.2) is 0 Å². The molecule has 1 aromatic rings. The van der Waals surface area contributed by atoms with Gasteiger partial charge in [-0.15, -0.1) is 0 Å². The Balaban J connectivity index is 1.31. The molecule has 0 bridgehead atoms. The number of ether oxygens (including phenoxy) is 1. The Kier molecular flexibility index (Phi) is 8.74. The van der Waals surface area contributed by atoms with E-state index in [9.17, 15) is 18.0 Å². The number of rotatable bonds is 6. The second kappa shape index (κ2) is 11.8. The van der Waals surface area contributed by atoms with E-state index in [1.54, 1.807) is 0 Å². The van der Waals surface area contributed by atoms with Gasteiger partial charge in [-0.1, -0.05) is 77.1 Å². The summed E-state index contributed by atoms with van der Waals surface area (Å²) in [4.78, 5) is 14.2. The third-order valence-corrected chi connectivity index (χ3v) is 16.1. The van der Waals surface area contributed by atoms with Gasteiger partial charge >= 0.3 is 11.5 Å². The van der Waals surface area contributed by atoms with E-state index in [2.05, 4.69) is 48.1 Å². The summed E-state index contributed by atoms with van der Waals surface area (Å²) >= 11 is 0. The molecule has 5 aliphatic carbocycles. The summed E-state index contributed by atoms with van der Waals surface area (Å²) in [7, 11) is -2.22. The lowest BCUT2D eigenvalue weighted by molar-refractivity contribution is -0.232. The lowest BCUT2D eigenvalue weighted by Gasteiger charge is -2.72. The van der Waals surface area contributed by atoms with Crippen LogP contribution in [0.25, 0.3) is 0 Å². The Morgan fingerprint density at radius 2 is 1.66 bits per heavy atom. The monoisotopic (exact) mass is 672 g/mol. The van der Waals surface area contributed by atoms with Crippen molar-refractivity contribution in [1.82, 2.24) is 0 Å². The van der Waals surface area contributed by atoms with Crippen LogP contribution >= 0.6 is 10.8 Å². The Morgan fingerprint density at radius 3 is 2.30 bits per heavy atom. The van der Waals surface area contributed by atoms with Gasteiger partial charge < -0.3 is 8.92 Å². The smallest absolute Gasteiger partial charge is 0.460 e. The molecule has 1 aromatic carbocycles. The zero-order valence-electron chi connectivity index (χ0n) is 29.5. The van der Waals surface area contributed by atoms with Crippen molar-refractivity contribution in [2.75, 3.05) is 0 Å². The van der Waals surface area contributed by atoms with Crippen LogP contribution in [0.1, 0.15) is 112 Å². The van der Waals surface area contributed by atoms with Crippen LogP contribution in [-0.2, 0) is 20.3 Å². The maximum absolute atomic E-state index is 14.2. The van der Waals surface area contributed by atoms with Gasteiger partial charge in [-0.05, 0) is 134 Å². The fourth-order valence-electron chi connectivity index (χ4n) is 12.4. The minimum Gasteiger partial charge on any atom is -0.460 e. The van der Waals surface area contributed by atoms with Crippen LogP contribution in [0.5, 0.6) is 0 Å². The maximum Gasteiger partial charge on any atom is 0.470 e. The van der Waals surface area contributed by atoms with E-state index in [0.29, 0.717) is 30.1 Å². The Morgan fingerprint density at radius 1 is 0.957 bits per heavy atom. The van der Waals surface area contributed by atoms with Gasteiger partial charge in [0.1, 0.15) is 12.4 Å². The summed E-state index contributed by atoms with van der Waals surface area (Å²) in [5, 5.41) is 1.15.